The number of benzene rings is 2. The van der Waals surface area contributed by atoms with E-state index in [4.69, 9.17) is 9.15 Å². The van der Waals surface area contributed by atoms with E-state index in [0.717, 1.165) is 6.42 Å². The zero-order valence-electron chi connectivity index (χ0n) is 15.8. The third-order valence-electron chi connectivity index (χ3n) is 4.01. The van der Waals surface area contributed by atoms with Crippen LogP contribution in [0.25, 0.3) is 11.0 Å². The Kier molecular flexibility index (Phi) is 6.11. The van der Waals surface area contributed by atoms with Gasteiger partial charge in [-0.15, -0.1) is 0 Å². The summed E-state index contributed by atoms with van der Waals surface area (Å²) >= 11 is -1.85. The molecule has 0 saturated heterocycles. The van der Waals surface area contributed by atoms with Crippen molar-refractivity contribution in [2.45, 2.75) is 18.2 Å². The Hall–Kier alpha value is -2.71. The third-order valence-corrected chi connectivity index (χ3v) is 5.12. The fraction of sp³-hybridized carbons (Fsp3) is 0.250. The van der Waals surface area contributed by atoms with E-state index in [9.17, 15) is 13.7 Å². The van der Waals surface area contributed by atoms with Crippen LogP contribution < -0.4 is 14.4 Å². The number of furan rings is 1. The molecule has 0 saturated carbocycles. The van der Waals surface area contributed by atoms with Crippen LogP contribution >= 0.6 is 0 Å². The van der Waals surface area contributed by atoms with Gasteiger partial charge in [-0.2, -0.15) is 4.72 Å². The minimum absolute atomic E-state index is 0.120. The summed E-state index contributed by atoms with van der Waals surface area (Å²) in [6, 6.07) is 11.1. The highest BCUT2D eigenvalue weighted by molar-refractivity contribution is 7.90. The first-order chi connectivity index (χ1) is 13.4. The third kappa shape index (κ3) is 4.23. The van der Waals surface area contributed by atoms with Crippen molar-refractivity contribution < 1.29 is 22.9 Å². The molecule has 28 heavy (non-hydrogen) atoms. The molecule has 1 N–H and O–H groups in total. The topological polar surface area (TPSA) is 77.8 Å². The summed E-state index contributed by atoms with van der Waals surface area (Å²) in [5.74, 6) is -0.881. The zero-order valence-corrected chi connectivity index (χ0v) is 16.6. The maximum Gasteiger partial charge on any atom is 0.328 e. The molecule has 1 atom stereocenters. The fourth-order valence-electron chi connectivity index (χ4n) is 2.58. The number of hydrogen-bond acceptors (Lipinski definition) is 5. The molecule has 0 spiro atoms. The largest absolute Gasteiger partial charge is 0.588 e. The number of carbonyl (C=O) groups excluding carboxylic acids is 1. The normalized spacial score (nSPS) is 12.0. The van der Waals surface area contributed by atoms with Crippen LogP contribution in [0.5, 0.6) is 5.75 Å². The number of rotatable bonds is 7. The van der Waals surface area contributed by atoms with Gasteiger partial charge in [0.1, 0.15) is 22.8 Å². The number of anilines is 1. The second-order valence-electron chi connectivity index (χ2n) is 6.34. The first kappa shape index (κ1) is 20.0. The first-order valence-corrected chi connectivity index (χ1v) is 9.90. The Morgan fingerprint density at radius 3 is 2.75 bits per heavy atom. The molecular formula is C20H21FN2O4S. The minimum Gasteiger partial charge on any atom is -0.588 e. The van der Waals surface area contributed by atoms with Crippen LogP contribution in [0.15, 0.2) is 51.8 Å². The van der Waals surface area contributed by atoms with Crippen molar-refractivity contribution in [3.8, 4) is 5.75 Å². The Morgan fingerprint density at radius 1 is 1.29 bits per heavy atom. The highest BCUT2D eigenvalue weighted by atomic mass is 32.2. The molecule has 0 radical (unpaired) electrons. The summed E-state index contributed by atoms with van der Waals surface area (Å²) in [6.07, 6.45) is 0.798. The molecule has 0 aliphatic heterocycles. The van der Waals surface area contributed by atoms with Gasteiger partial charge in [-0.3, -0.25) is 4.79 Å². The lowest BCUT2D eigenvalue weighted by Crippen LogP contribution is -2.30. The quantitative estimate of drug-likeness (QED) is 0.605. The van der Waals surface area contributed by atoms with Crippen LogP contribution in [0.3, 0.4) is 0 Å². The highest BCUT2D eigenvalue weighted by Crippen LogP contribution is 2.28. The Morgan fingerprint density at radius 2 is 2.04 bits per heavy atom. The molecule has 0 fully saturated rings. The van der Waals surface area contributed by atoms with E-state index in [0.29, 0.717) is 22.9 Å². The van der Waals surface area contributed by atoms with Gasteiger partial charge in [-0.25, -0.2) is 4.39 Å². The maximum absolute atomic E-state index is 14.3. The highest BCUT2D eigenvalue weighted by Gasteiger charge is 2.24. The minimum atomic E-state index is -1.85. The number of halogens is 1. The van der Waals surface area contributed by atoms with Crippen LogP contribution in [-0.4, -0.2) is 31.2 Å². The summed E-state index contributed by atoms with van der Waals surface area (Å²) in [5.41, 5.74) is 0.850. The van der Waals surface area contributed by atoms with Crippen LogP contribution in [-0.2, 0) is 11.4 Å². The van der Waals surface area contributed by atoms with Crippen molar-refractivity contribution in [1.82, 2.24) is 4.72 Å². The van der Waals surface area contributed by atoms with Gasteiger partial charge in [0.05, 0.1) is 12.0 Å². The molecule has 1 aromatic heterocycles. The Labute approximate surface area is 165 Å². The molecule has 2 aromatic carbocycles. The number of nitrogens with zero attached hydrogens (tertiary/aromatic N) is 1. The second-order valence-corrected chi connectivity index (χ2v) is 7.52. The van der Waals surface area contributed by atoms with E-state index >= 15 is 0 Å². The standard InChI is InChI=1S/C20H21FN2O4S/c1-4-9-26-16-7-5-6-8-19(16)28(25)22-20(24)18-12-14-15(21)10-13(23(2)3)11-17(14)27-18/h5-8,10-12H,4,9H2,1-3H3,(H,22,24). The molecule has 8 heteroatoms. The molecule has 3 aromatic rings. The number of amides is 1. The number of hydrogen-bond donors (Lipinski definition) is 1. The van der Waals surface area contributed by atoms with Gasteiger partial charge in [0.15, 0.2) is 11.5 Å². The summed E-state index contributed by atoms with van der Waals surface area (Å²) < 4.78 is 40.3. The average molecular weight is 404 g/mol. The van der Waals surface area contributed by atoms with Gasteiger partial charge in [0.25, 0.3) is 0 Å². The monoisotopic (exact) mass is 404 g/mol. The van der Waals surface area contributed by atoms with E-state index < -0.39 is 23.1 Å². The van der Waals surface area contributed by atoms with Crippen LogP contribution in [0.4, 0.5) is 10.1 Å². The molecule has 0 aliphatic carbocycles. The molecule has 0 bridgehead atoms. The van der Waals surface area contributed by atoms with Crippen LogP contribution in [0.2, 0.25) is 0 Å². The first-order valence-electron chi connectivity index (χ1n) is 8.75. The van der Waals surface area contributed by atoms with Crippen molar-refractivity contribution in [2.24, 2.45) is 0 Å². The number of carbonyl (C=O) groups is 1. The van der Waals surface area contributed by atoms with Crippen molar-refractivity contribution >= 4 is 33.9 Å². The molecular weight excluding hydrogens is 383 g/mol. The number of ether oxygens (including phenoxy) is 1. The van der Waals surface area contributed by atoms with Crippen molar-refractivity contribution in [2.75, 3.05) is 25.6 Å². The zero-order chi connectivity index (χ0) is 20.3. The van der Waals surface area contributed by atoms with E-state index in [2.05, 4.69) is 4.72 Å². The van der Waals surface area contributed by atoms with Gasteiger partial charge in [-0.1, -0.05) is 19.1 Å². The van der Waals surface area contributed by atoms with Crippen molar-refractivity contribution in [1.29, 1.82) is 0 Å². The van der Waals surface area contributed by atoms with Gasteiger partial charge in [0, 0.05) is 31.9 Å². The van der Waals surface area contributed by atoms with Gasteiger partial charge >= 0.3 is 5.91 Å². The van der Waals surface area contributed by atoms with Gasteiger partial charge in [-0.05, 0) is 24.6 Å². The number of para-hydroxylation sites is 1. The SMILES string of the molecule is CCCOc1ccccc1[S+]([O-])NC(=O)c1cc2c(F)cc(N(C)C)cc2o1. The van der Waals surface area contributed by atoms with E-state index in [1.165, 1.54) is 12.1 Å². The lowest BCUT2D eigenvalue weighted by atomic mass is 10.2. The van der Waals surface area contributed by atoms with E-state index in [-0.39, 0.29) is 16.7 Å². The summed E-state index contributed by atoms with van der Waals surface area (Å²) in [7, 11) is 3.55. The lowest BCUT2D eigenvalue weighted by Gasteiger charge is -2.13. The predicted molar refractivity (Wildman–Crippen MR) is 107 cm³/mol. The molecule has 148 valence electrons. The second kappa shape index (κ2) is 8.53. The maximum atomic E-state index is 14.3. The summed E-state index contributed by atoms with van der Waals surface area (Å²) in [5, 5.41) is 0.188. The smallest absolute Gasteiger partial charge is 0.328 e. The Bertz CT molecular complexity index is 989. The Balaban J connectivity index is 1.82. The van der Waals surface area contributed by atoms with E-state index in [1.54, 1.807) is 49.3 Å². The van der Waals surface area contributed by atoms with Crippen LogP contribution in [0, 0.1) is 5.82 Å². The molecule has 3 rings (SSSR count). The molecule has 1 heterocycles. The number of fused-ring (bicyclic) bond motifs is 1. The molecule has 6 nitrogen and oxygen atoms in total. The van der Waals surface area contributed by atoms with Crippen molar-refractivity contribution in [3.63, 3.8) is 0 Å². The van der Waals surface area contributed by atoms with Gasteiger partial charge < -0.3 is 18.6 Å². The average Bonchev–Trinajstić information content (AvgIpc) is 3.11. The molecule has 0 aliphatic rings. The predicted octanol–water partition coefficient (Wildman–Crippen LogP) is 3.88. The van der Waals surface area contributed by atoms with Gasteiger partial charge in [0.2, 0.25) is 4.90 Å². The molecule has 1 amide bonds. The lowest BCUT2D eigenvalue weighted by molar-refractivity contribution is 0.0956. The summed E-state index contributed by atoms with van der Waals surface area (Å²) in [4.78, 5) is 14.6. The summed E-state index contributed by atoms with van der Waals surface area (Å²) in [6.45, 7) is 2.43. The fourth-order valence-corrected chi connectivity index (χ4v) is 3.47. The van der Waals surface area contributed by atoms with E-state index in [1.807, 2.05) is 6.92 Å². The van der Waals surface area contributed by atoms with Crippen molar-refractivity contribution in [3.05, 3.63) is 54.0 Å². The van der Waals surface area contributed by atoms with Crippen LogP contribution in [0.1, 0.15) is 23.9 Å². The molecule has 1 unspecified atom stereocenters. The number of nitrogens with one attached hydrogen (secondary N) is 1.